The van der Waals surface area contributed by atoms with Crippen LogP contribution in [0.25, 0.3) is 10.6 Å². The number of fused-ring (bicyclic) bond motifs is 1. The molecular weight excluding hydrogens is 416 g/mol. The molecule has 4 nitrogen and oxygen atoms in total. The maximum atomic E-state index is 8.80. The number of hydrogen-bond donors (Lipinski definition) is 1. The van der Waals surface area contributed by atoms with Gasteiger partial charge < -0.3 is 14.7 Å². The summed E-state index contributed by atoms with van der Waals surface area (Å²) in [5.41, 5.74) is 6.02. The van der Waals surface area contributed by atoms with Crippen LogP contribution in [0.2, 0.25) is 0 Å². The molecule has 0 spiro atoms. The fourth-order valence-electron chi connectivity index (χ4n) is 5.54. The van der Waals surface area contributed by atoms with Crippen molar-refractivity contribution in [3.05, 3.63) is 40.4 Å². The molecule has 32 heavy (non-hydrogen) atoms. The average Bonchev–Trinajstić information content (AvgIpc) is 3.34. The van der Waals surface area contributed by atoms with E-state index in [1.165, 1.54) is 28.8 Å². The molecule has 2 aliphatic rings. The number of ether oxygens (including phenoxy) is 1. The lowest BCUT2D eigenvalue weighted by Crippen LogP contribution is -2.35. The molecule has 2 aromatic rings. The van der Waals surface area contributed by atoms with E-state index < -0.39 is 0 Å². The van der Waals surface area contributed by atoms with Gasteiger partial charge in [0.25, 0.3) is 0 Å². The second kappa shape index (κ2) is 10.8. The molecule has 0 amide bonds. The van der Waals surface area contributed by atoms with Gasteiger partial charge in [-0.15, -0.1) is 11.3 Å². The average molecular weight is 459 g/mol. The van der Waals surface area contributed by atoms with Crippen LogP contribution in [0.1, 0.15) is 83.5 Å². The Hall–Kier alpha value is -1.27. The molecule has 0 bridgehead atoms. The van der Waals surface area contributed by atoms with Crippen LogP contribution in [-0.4, -0.2) is 54.4 Å². The zero-order chi connectivity index (χ0) is 23.4. The zero-order valence-electron chi connectivity index (χ0n) is 20.9. The predicted molar refractivity (Wildman–Crippen MR) is 136 cm³/mol. The van der Waals surface area contributed by atoms with Gasteiger partial charge in [0.05, 0.1) is 25.5 Å². The van der Waals surface area contributed by atoms with E-state index in [1.807, 2.05) is 13.8 Å². The van der Waals surface area contributed by atoms with E-state index in [4.69, 9.17) is 14.8 Å². The summed E-state index contributed by atoms with van der Waals surface area (Å²) in [6.07, 6.45) is 3.52. The lowest BCUT2D eigenvalue weighted by atomic mass is 9.82. The van der Waals surface area contributed by atoms with Crippen LogP contribution in [0.4, 0.5) is 0 Å². The maximum Gasteiger partial charge on any atom is 0.123 e. The van der Waals surface area contributed by atoms with Crippen molar-refractivity contribution in [1.29, 1.82) is 0 Å². The minimum absolute atomic E-state index is 0.105. The highest BCUT2D eigenvalue weighted by molar-refractivity contribution is 7.13. The summed E-state index contributed by atoms with van der Waals surface area (Å²) >= 11 is 1.79. The summed E-state index contributed by atoms with van der Waals surface area (Å²) in [4.78, 5) is 7.54. The smallest absolute Gasteiger partial charge is 0.123 e. The predicted octanol–water partition coefficient (Wildman–Crippen LogP) is 5.98. The summed E-state index contributed by atoms with van der Waals surface area (Å²) in [5, 5.41) is 12.2. The van der Waals surface area contributed by atoms with Gasteiger partial charge in [-0.2, -0.15) is 0 Å². The van der Waals surface area contributed by atoms with E-state index in [0.29, 0.717) is 19.1 Å². The number of aromatic nitrogens is 1. The zero-order valence-corrected chi connectivity index (χ0v) is 21.7. The third kappa shape index (κ3) is 5.61. The van der Waals surface area contributed by atoms with E-state index in [0.717, 1.165) is 37.5 Å². The van der Waals surface area contributed by atoms with Crippen molar-refractivity contribution in [3.8, 4) is 10.6 Å². The van der Waals surface area contributed by atoms with Crippen LogP contribution in [0.5, 0.6) is 0 Å². The SMILES string of the molecule is CC.CC1(C)CC(C)(C)c2cc(-c3nc(C4CCN(CCOCCO)CC4)cs3)ccc21. The molecule has 0 radical (unpaired) electrons. The minimum atomic E-state index is 0.105. The molecule has 1 N–H and O–H groups in total. The topological polar surface area (TPSA) is 45.6 Å². The molecule has 1 saturated heterocycles. The second-order valence-electron chi connectivity index (χ2n) is 10.2. The van der Waals surface area contributed by atoms with Crippen LogP contribution in [-0.2, 0) is 15.6 Å². The van der Waals surface area contributed by atoms with Gasteiger partial charge in [-0.25, -0.2) is 4.98 Å². The lowest BCUT2D eigenvalue weighted by Gasteiger charge is -2.31. The first-order chi connectivity index (χ1) is 15.3. The Bertz CT molecular complexity index is 866. The first kappa shape index (κ1) is 25.4. The monoisotopic (exact) mass is 458 g/mol. The highest BCUT2D eigenvalue weighted by Crippen LogP contribution is 2.50. The van der Waals surface area contributed by atoms with Gasteiger partial charge in [0.15, 0.2) is 0 Å². The highest BCUT2D eigenvalue weighted by atomic mass is 32.1. The van der Waals surface area contributed by atoms with Crippen LogP contribution in [0, 0.1) is 0 Å². The van der Waals surface area contributed by atoms with Crippen molar-refractivity contribution in [2.24, 2.45) is 0 Å². The number of hydrogen-bond acceptors (Lipinski definition) is 5. The van der Waals surface area contributed by atoms with Crippen LogP contribution in [0.3, 0.4) is 0 Å². The van der Waals surface area contributed by atoms with Gasteiger partial charge in [0, 0.05) is 23.4 Å². The first-order valence-electron chi connectivity index (χ1n) is 12.3. The molecule has 0 unspecified atom stereocenters. The number of benzene rings is 1. The van der Waals surface area contributed by atoms with Crippen molar-refractivity contribution in [1.82, 2.24) is 9.88 Å². The van der Waals surface area contributed by atoms with Crippen LogP contribution >= 0.6 is 11.3 Å². The summed E-state index contributed by atoms with van der Waals surface area (Å²) in [6.45, 7) is 17.9. The standard InChI is InChI=1S/C25H36N2O2S.C2H6/c1-24(2)17-25(3,4)21-15-19(5-6-20(21)24)23-26-22(16-30-23)18-7-9-27(10-8-18)11-13-29-14-12-28;1-2/h5-6,15-16,18,28H,7-14,17H2,1-4H3;1-2H3. The van der Waals surface area contributed by atoms with E-state index in [2.05, 4.69) is 56.2 Å². The lowest BCUT2D eigenvalue weighted by molar-refractivity contribution is 0.0679. The molecule has 1 fully saturated rings. The number of aliphatic hydroxyl groups is 1. The van der Waals surface area contributed by atoms with Crippen molar-refractivity contribution < 1.29 is 9.84 Å². The van der Waals surface area contributed by atoms with Crippen molar-refractivity contribution in [3.63, 3.8) is 0 Å². The Morgan fingerprint density at radius 1 is 1.06 bits per heavy atom. The summed E-state index contributed by atoms with van der Waals surface area (Å²) < 4.78 is 5.41. The van der Waals surface area contributed by atoms with E-state index >= 15 is 0 Å². The molecule has 1 aliphatic carbocycles. The molecule has 178 valence electrons. The molecule has 0 atom stereocenters. The number of rotatable bonds is 7. The maximum absolute atomic E-state index is 8.80. The van der Waals surface area contributed by atoms with E-state index in [9.17, 15) is 0 Å². The van der Waals surface area contributed by atoms with Crippen LogP contribution < -0.4 is 0 Å². The second-order valence-corrected chi connectivity index (χ2v) is 11.1. The third-order valence-electron chi connectivity index (χ3n) is 6.92. The Balaban J connectivity index is 0.00000141. The first-order valence-corrected chi connectivity index (χ1v) is 13.2. The molecule has 5 heteroatoms. The van der Waals surface area contributed by atoms with Crippen molar-refractivity contribution >= 4 is 11.3 Å². The number of nitrogens with zero attached hydrogens (tertiary/aromatic N) is 2. The number of aliphatic hydroxyl groups excluding tert-OH is 1. The van der Waals surface area contributed by atoms with Gasteiger partial charge in [0.2, 0.25) is 0 Å². The van der Waals surface area contributed by atoms with Gasteiger partial charge in [-0.3, -0.25) is 0 Å². The quantitative estimate of drug-likeness (QED) is 0.518. The summed E-state index contributed by atoms with van der Waals surface area (Å²) in [6, 6.07) is 7.03. The third-order valence-corrected chi connectivity index (χ3v) is 7.83. The molecule has 2 heterocycles. The molecule has 1 aliphatic heterocycles. The Kier molecular flexibility index (Phi) is 8.53. The summed E-state index contributed by atoms with van der Waals surface area (Å²) in [7, 11) is 0. The normalized spacial score (nSPS) is 20.0. The van der Waals surface area contributed by atoms with Gasteiger partial charge in [-0.1, -0.05) is 53.7 Å². The Morgan fingerprint density at radius 2 is 1.75 bits per heavy atom. The van der Waals surface area contributed by atoms with Gasteiger partial charge >= 0.3 is 0 Å². The molecule has 4 rings (SSSR count). The number of likely N-dealkylation sites (tertiary alicyclic amines) is 1. The fourth-order valence-corrected chi connectivity index (χ4v) is 6.44. The molecular formula is C27H42N2O2S. The van der Waals surface area contributed by atoms with Gasteiger partial charge in [0.1, 0.15) is 5.01 Å². The minimum Gasteiger partial charge on any atom is -0.394 e. The number of thiazole rings is 1. The van der Waals surface area contributed by atoms with Crippen LogP contribution in [0.15, 0.2) is 23.6 Å². The van der Waals surface area contributed by atoms with E-state index in [1.54, 1.807) is 11.3 Å². The molecule has 0 saturated carbocycles. The number of piperidine rings is 1. The summed E-state index contributed by atoms with van der Waals surface area (Å²) in [5.74, 6) is 0.564. The van der Waals surface area contributed by atoms with Gasteiger partial charge in [-0.05, 0) is 60.4 Å². The van der Waals surface area contributed by atoms with Crippen molar-refractivity contribution in [2.45, 2.75) is 77.6 Å². The fraction of sp³-hybridized carbons (Fsp3) is 0.667. The molecule has 1 aromatic carbocycles. The Morgan fingerprint density at radius 3 is 2.44 bits per heavy atom. The largest absolute Gasteiger partial charge is 0.394 e. The van der Waals surface area contributed by atoms with Crippen molar-refractivity contribution in [2.75, 3.05) is 39.5 Å². The highest BCUT2D eigenvalue weighted by Gasteiger charge is 2.41. The Labute approximate surface area is 199 Å². The molecule has 1 aromatic heterocycles. The van der Waals surface area contributed by atoms with E-state index in [-0.39, 0.29) is 17.4 Å².